The molecule has 6 nitrogen and oxygen atoms in total. The van der Waals surface area contributed by atoms with E-state index in [1.54, 1.807) is 25.8 Å². The molecule has 26 heavy (non-hydrogen) atoms. The minimum absolute atomic E-state index is 0.120. The number of fused-ring (bicyclic) bond motifs is 2. The number of hydrogen-bond donors (Lipinski definition) is 1. The van der Waals surface area contributed by atoms with Gasteiger partial charge in [-0.3, -0.25) is 14.5 Å². The number of rotatable bonds is 5. The highest BCUT2D eigenvalue weighted by molar-refractivity contribution is 5.76. The van der Waals surface area contributed by atoms with Gasteiger partial charge in [0.25, 0.3) is 0 Å². The van der Waals surface area contributed by atoms with E-state index in [9.17, 15) is 14.7 Å². The molecule has 1 aromatic rings. The van der Waals surface area contributed by atoms with E-state index >= 15 is 0 Å². The first-order valence-electron chi connectivity index (χ1n) is 8.96. The molecule has 3 atom stereocenters. The van der Waals surface area contributed by atoms with Crippen molar-refractivity contribution in [3.05, 3.63) is 48.0 Å². The first-order chi connectivity index (χ1) is 12.3. The summed E-state index contributed by atoms with van der Waals surface area (Å²) in [6.45, 7) is 5.38. The average molecular weight is 358 g/mol. The zero-order valence-electron chi connectivity index (χ0n) is 15.5. The lowest BCUT2D eigenvalue weighted by Gasteiger charge is -2.55. The van der Waals surface area contributed by atoms with E-state index in [0.29, 0.717) is 0 Å². The number of nitrogens with zero attached hydrogens (tertiary/aromatic N) is 2. The van der Waals surface area contributed by atoms with Gasteiger partial charge in [0.05, 0.1) is 12.1 Å². The smallest absolute Gasteiger partial charge is 0.409 e. The van der Waals surface area contributed by atoms with Gasteiger partial charge in [0.2, 0.25) is 0 Å². The highest BCUT2D eigenvalue weighted by Crippen LogP contribution is 2.39. The number of hydroxylamine groups is 2. The van der Waals surface area contributed by atoms with Crippen LogP contribution in [0.5, 0.6) is 0 Å². The molecular weight excluding hydrogens is 332 g/mol. The largest absolute Gasteiger partial charge is 0.465 e. The van der Waals surface area contributed by atoms with Crippen LogP contribution in [-0.4, -0.2) is 50.8 Å². The van der Waals surface area contributed by atoms with Gasteiger partial charge in [-0.15, -0.1) is 5.06 Å². The Morgan fingerprint density at radius 2 is 1.96 bits per heavy atom. The third-order valence-corrected chi connectivity index (χ3v) is 4.97. The second kappa shape index (κ2) is 6.85. The van der Waals surface area contributed by atoms with Crippen molar-refractivity contribution in [2.45, 2.75) is 63.4 Å². The predicted molar refractivity (Wildman–Crippen MR) is 97.4 cm³/mol. The van der Waals surface area contributed by atoms with Crippen LogP contribution in [0.15, 0.2) is 42.5 Å². The Hall–Kier alpha value is -2.18. The van der Waals surface area contributed by atoms with Crippen LogP contribution in [0.25, 0.3) is 0 Å². The normalized spacial score (nSPS) is 24.9. The zero-order valence-corrected chi connectivity index (χ0v) is 15.5. The van der Waals surface area contributed by atoms with Crippen LogP contribution in [0.2, 0.25) is 0 Å². The van der Waals surface area contributed by atoms with Crippen molar-refractivity contribution < 1.29 is 19.5 Å². The maximum atomic E-state index is 12.5. The summed E-state index contributed by atoms with van der Waals surface area (Å²) in [4.78, 5) is 32.1. The van der Waals surface area contributed by atoms with Gasteiger partial charge in [-0.2, -0.15) is 0 Å². The summed E-state index contributed by atoms with van der Waals surface area (Å²) in [5, 5.41) is 11.6. The molecule has 2 unspecified atom stereocenters. The van der Waals surface area contributed by atoms with Crippen LogP contribution in [0, 0.1) is 0 Å². The number of carboxylic acid groups (broad SMARTS) is 1. The van der Waals surface area contributed by atoms with Crippen molar-refractivity contribution in [1.29, 1.82) is 0 Å². The summed E-state index contributed by atoms with van der Waals surface area (Å²) in [5.74, 6) is 0. The zero-order chi connectivity index (χ0) is 18.9. The molecule has 2 bridgehead atoms. The maximum absolute atomic E-state index is 12.5. The summed E-state index contributed by atoms with van der Waals surface area (Å²) in [7, 11) is 0. The number of hydrogen-bond acceptors (Lipinski definition) is 4. The first kappa shape index (κ1) is 18.6. The van der Waals surface area contributed by atoms with Gasteiger partial charge in [-0.05, 0) is 39.2 Å². The average Bonchev–Trinajstić information content (AvgIpc) is 2.61. The van der Waals surface area contributed by atoms with Gasteiger partial charge in [0.15, 0.2) is 11.9 Å². The summed E-state index contributed by atoms with van der Waals surface area (Å²) >= 11 is 0. The monoisotopic (exact) mass is 358 g/mol. The Labute approximate surface area is 154 Å². The van der Waals surface area contributed by atoms with Crippen molar-refractivity contribution in [3.63, 3.8) is 0 Å². The molecule has 0 radical (unpaired) electrons. The quantitative estimate of drug-likeness (QED) is 0.646. The van der Waals surface area contributed by atoms with Crippen molar-refractivity contribution in [3.8, 4) is 0 Å². The SMILES string of the molecule is CC(C)(C)N(C(=O)O)[C@@](C=O)(Cc1ccccc1)N1OC2C=CC1CC2. The van der Waals surface area contributed by atoms with Gasteiger partial charge in [0, 0.05) is 12.0 Å². The van der Waals surface area contributed by atoms with Crippen LogP contribution in [0.4, 0.5) is 4.79 Å². The fraction of sp³-hybridized carbons (Fsp3) is 0.500. The molecule has 140 valence electrons. The Balaban J connectivity index is 2.11. The Morgan fingerprint density at radius 1 is 1.27 bits per heavy atom. The fourth-order valence-electron chi connectivity index (χ4n) is 4.00. The van der Waals surface area contributed by atoms with Gasteiger partial charge in [-0.25, -0.2) is 4.79 Å². The number of carbonyl (C=O) groups excluding carboxylic acids is 1. The van der Waals surface area contributed by atoms with E-state index in [1.165, 1.54) is 4.90 Å². The lowest BCUT2D eigenvalue weighted by molar-refractivity contribution is -0.306. The van der Waals surface area contributed by atoms with E-state index < -0.39 is 17.3 Å². The Morgan fingerprint density at radius 3 is 2.38 bits per heavy atom. The Kier molecular flexibility index (Phi) is 4.90. The molecule has 1 amide bonds. The highest BCUT2D eigenvalue weighted by atomic mass is 16.7. The molecule has 1 aliphatic carbocycles. The molecule has 1 N–H and O–H groups in total. The van der Waals surface area contributed by atoms with Gasteiger partial charge in [-0.1, -0.05) is 42.5 Å². The van der Waals surface area contributed by atoms with E-state index in [1.807, 2.05) is 42.5 Å². The van der Waals surface area contributed by atoms with E-state index in [2.05, 4.69) is 0 Å². The third-order valence-electron chi connectivity index (χ3n) is 4.97. The second-order valence-corrected chi connectivity index (χ2v) is 7.95. The number of benzene rings is 1. The maximum Gasteiger partial charge on any atom is 0.409 e. The number of carbonyl (C=O) groups is 2. The first-order valence-corrected chi connectivity index (χ1v) is 8.96. The van der Waals surface area contributed by atoms with Crippen molar-refractivity contribution >= 4 is 12.4 Å². The van der Waals surface area contributed by atoms with Crippen LogP contribution in [0.3, 0.4) is 0 Å². The molecule has 1 aromatic carbocycles. The van der Waals surface area contributed by atoms with E-state index in [0.717, 1.165) is 24.7 Å². The van der Waals surface area contributed by atoms with Gasteiger partial charge in [0.1, 0.15) is 0 Å². The van der Waals surface area contributed by atoms with Gasteiger partial charge >= 0.3 is 6.09 Å². The van der Waals surface area contributed by atoms with Crippen molar-refractivity contribution in [2.24, 2.45) is 0 Å². The number of amides is 1. The molecule has 0 aromatic heterocycles. The minimum Gasteiger partial charge on any atom is -0.465 e. The Bertz CT molecular complexity index is 698. The molecule has 2 heterocycles. The van der Waals surface area contributed by atoms with Crippen LogP contribution in [-0.2, 0) is 16.1 Å². The molecule has 6 heteroatoms. The topological polar surface area (TPSA) is 70.1 Å². The van der Waals surface area contributed by atoms with E-state index in [4.69, 9.17) is 4.84 Å². The summed E-state index contributed by atoms with van der Waals surface area (Å²) in [6.07, 6.45) is 5.41. The van der Waals surface area contributed by atoms with Crippen LogP contribution in [0.1, 0.15) is 39.2 Å². The van der Waals surface area contributed by atoms with E-state index in [-0.39, 0.29) is 18.6 Å². The van der Waals surface area contributed by atoms with Crippen LogP contribution < -0.4 is 0 Å². The van der Waals surface area contributed by atoms with Crippen LogP contribution >= 0.6 is 0 Å². The molecule has 1 fully saturated rings. The number of aldehydes is 1. The summed E-state index contributed by atoms with van der Waals surface area (Å²) < 4.78 is 0. The lowest BCUT2D eigenvalue weighted by atomic mass is 9.89. The summed E-state index contributed by atoms with van der Waals surface area (Å²) in [5.41, 5.74) is -1.35. The predicted octanol–water partition coefficient (Wildman–Crippen LogP) is 3.24. The minimum atomic E-state index is -1.44. The standard InChI is InChI=1S/C20H26N2O4/c1-19(2,3)21(18(24)25)20(14-23,13-15-7-5-4-6-8-15)22-16-9-11-17(26-22)12-10-16/h4-9,11,14,16-17H,10,12-13H2,1-3H3,(H,24,25)/t16?,17?,20-/m0/s1. The molecule has 4 rings (SSSR count). The third kappa shape index (κ3) is 3.27. The molecule has 0 spiro atoms. The van der Waals surface area contributed by atoms with Crippen molar-refractivity contribution in [2.75, 3.05) is 0 Å². The molecule has 2 aliphatic heterocycles. The lowest BCUT2D eigenvalue weighted by Crippen LogP contribution is -2.72. The molecule has 3 aliphatic rings. The molecule has 1 saturated heterocycles. The molecular formula is C20H26N2O4. The van der Waals surface area contributed by atoms with Crippen molar-refractivity contribution in [1.82, 2.24) is 9.96 Å². The molecule has 0 saturated carbocycles. The summed E-state index contributed by atoms with van der Waals surface area (Å²) in [6, 6.07) is 9.34. The second-order valence-electron chi connectivity index (χ2n) is 7.95. The van der Waals surface area contributed by atoms with Gasteiger partial charge < -0.3 is 5.11 Å². The highest BCUT2D eigenvalue weighted by Gasteiger charge is 2.54. The fourth-order valence-corrected chi connectivity index (χ4v) is 4.00.